The zero-order valence-electron chi connectivity index (χ0n) is 2.24. The highest BCUT2D eigenvalue weighted by atomic mass is 127. The van der Waals surface area contributed by atoms with E-state index in [1.807, 2.05) is 0 Å². The lowest BCUT2D eigenvalue weighted by Gasteiger charge is -1.90. The number of hydrogen-bond donors (Lipinski definition) is 0. The highest BCUT2D eigenvalue weighted by Gasteiger charge is 1.84. The molecule has 0 N–H and O–H groups in total. The smallest absolute Gasteiger partial charge is 0.248 e. The first-order chi connectivity index (χ1) is 2.27. The van der Waals surface area contributed by atoms with E-state index in [9.17, 15) is 0 Å². The number of alkyl halides is 2. The first kappa shape index (κ1) is 6.64. The molecule has 4 heteroatoms. The topological polar surface area (TPSA) is 9.23 Å². The van der Waals surface area contributed by atoms with Crippen molar-refractivity contribution in [3.05, 3.63) is 0 Å². The van der Waals surface area contributed by atoms with E-state index in [1.54, 1.807) is 0 Å². The van der Waals surface area contributed by atoms with Crippen LogP contribution in [0, 0.1) is 0 Å². The third kappa shape index (κ3) is 5.64. The first-order valence-electron chi connectivity index (χ1n) is 0.876. The number of hydrogen-bond acceptors (Lipinski definition) is 1. The first-order valence-corrected chi connectivity index (χ1v) is 3.78. The van der Waals surface area contributed by atoms with Gasteiger partial charge in [0.15, 0.2) is 0 Å². The van der Waals surface area contributed by atoms with Crippen LogP contribution in [0.2, 0.25) is 0 Å². The summed E-state index contributed by atoms with van der Waals surface area (Å²) in [6.07, 6.45) is 0. The molecule has 0 rings (SSSR count). The normalized spacial score (nSPS) is 9.60. The maximum absolute atomic E-state index is 4.53. The Morgan fingerprint density at radius 3 is 1.80 bits per heavy atom. The lowest BCUT2D eigenvalue weighted by molar-refractivity contribution is 0.433. The van der Waals surface area contributed by atoms with Crippen molar-refractivity contribution < 1.29 is 4.43 Å². The minimum absolute atomic E-state index is 0.238. The molecule has 1 nitrogen and oxygen atoms in total. The van der Waals surface area contributed by atoms with Crippen molar-refractivity contribution in [1.82, 2.24) is 0 Å². The van der Waals surface area contributed by atoms with Crippen molar-refractivity contribution in [3.63, 3.8) is 0 Å². The Labute approximate surface area is 61.7 Å². The summed E-state index contributed by atoms with van der Waals surface area (Å²) >= 11 is 4.24. The van der Waals surface area contributed by atoms with Crippen LogP contribution in [0.1, 0.15) is 0 Å². The number of rotatable bonds is 1. The van der Waals surface area contributed by atoms with Gasteiger partial charge in [0.25, 0.3) is 0 Å². The van der Waals surface area contributed by atoms with Crippen LogP contribution >= 0.6 is 45.2 Å². The van der Waals surface area contributed by atoms with Gasteiger partial charge in [-0.05, 0) is 45.2 Å². The molecular formula is CHI2OSi. The lowest BCUT2D eigenvalue weighted by Crippen LogP contribution is -1.85. The predicted molar refractivity (Wildman–Crippen MR) is 38.7 cm³/mol. The molecule has 0 unspecified atom stereocenters. The van der Waals surface area contributed by atoms with Gasteiger partial charge in [0.05, 0.1) is 0 Å². The SMILES string of the molecule is [Si]OC(I)I. The molecule has 0 aromatic carbocycles. The van der Waals surface area contributed by atoms with E-state index in [2.05, 4.69) is 60.1 Å². The maximum Gasteiger partial charge on any atom is 0.248 e. The Kier molecular flexibility index (Phi) is 5.06. The minimum Gasteiger partial charge on any atom is -0.399 e. The molecule has 0 saturated carbocycles. The van der Waals surface area contributed by atoms with Crippen molar-refractivity contribution in [1.29, 1.82) is 0 Å². The van der Waals surface area contributed by atoms with Gasteiger partial charge >= 0.3 is 0 Å². The van der Waals surface area contributed by atoms with E-state index >= 15 is 0 Å². The van der Waals surface area contributed by atoms with Crippen molar-refractivity contribution in [2.75, 3.05) is 0 Å². The quantitative estimate of drug-likeness (QED) is 0.402. The van der Waals surface area contributed by atoms with Gasteiger partial charge in [-0.1, -0.05) is 0 Å². The van der Waals surface area contributed by atoms with E-state index in [1.165, 1.54) is 0 Å². The van der Waals surface area contributed by atoms with Crippen LogP contribution in [0.25, 0.3) is 0 Å². The Bertz CT molecular complexity index is 23.6. The molecular weight excluding hydrogens is 310 g/mol. The lowest BCUT2D eigenvalue weighted by atomic mass is 11.8. The Balaban J connectivity index is 2.54. The molecule has 0 aliphatic rings. The highest BCUT2D eigenvalue weighted by Crippen LogP contribution is 2.07. The maximum atomic E-state index is 4.53. The van der Waals surface area contributed by atoms with Crippen molar-refractivity contribution in [2.45, 2.75) is 2.12 Å². The molecule has 0 saturated heterocycles. The van der Waals surface area contributed by atoms with E-state index in [0.717, 1.165) is 0 Å². The fourth-order valence-corrected chi connectivity index (χ4v) is 0. The molecule has 0 aliphatic carbocycles. The number of halogens is 2. The summed E-state index contributed by atoms with van der Waals surface area (Å²) in [5, 5.41) is 0. The zero-order chi connectivity index (χ0) is 4.28. The molecule has 0 heterocycles. The average molecular weight is 311 g/mol. The van der Waals surface area contributed by atoms with E-state index < -0.39 is 0 Å². The van der Waals surface area contributed by atoms with Crippen LogP contribution in [0.5, 0.6) is 0 Å². The van der Waals surface area contributed by atoms with Crippen molar-refractivity contribution in [2.24, 2.45) is 0 Å². The summed E-state index contributed by atoms with van der Waals surface area (Å²) in [7, 11) is 2.84. The van der Waals surface area contributed by atoms with Gasteiger partial charge in [0, 0.05) is 0 Å². The fourth-order valence-electron chi connectivity index (χ4n) is 0. The average Bonchev–Trinajstić information content (AvgIpc) is 1.38. The molecule has 3 radical (unpaired) electrons. The van der Waals surface area contributed by atoms with Crippen LogP contribution in [0.3, 0.4) is 0 Å². The summed E-state index contributed by atoms with van der Waals surface area (Å²) in [6, 6.07) is 0. The summed E-state index contributed by atoms with van der Waals surface area (Å²) in [4.78, 5) is 0. The monoisotopic (exact) mass is 311 g/mol. The van der Waals surface area contributed by atoms with Gasteiger partial charge in [-0.2, -0.15) is 0 Å². The Morgan fingerprint density at radius 1 is 1.60 bits per heavy atom. The molecule has 0 aromatic rings. The molecule has 5 heavy (non-hydrogen) atoms. The van der Waals surface area contributed by atoms with Crippen molar-refractivity contribution >= 4 is 55.7 Å². The van der Waals surface area contributed by atoms with Gasteiger partial charge in [-0.25, -0.2) is 0 Å². The second-order valence-corrected chi connectivity index (χ2v) is 5.26. The van der Waals surface area contributed by atoms with Gasteiger partial charge in [-0.3, -0.25) is 0 Å². The standard InChI is InChI=1S/CHI2OSi/c2-1(3)4-5/h1H. The molecule has 0 fully saturated rings. The van der Waals surface area contributed by atoms with Gasteiger partial charge in [0.2, 0.25) is 10.5 Å². The van der Waals surface area contributed by atoms with Crippen LogP contribution in [0.15, 0.2) is 0 Å². The van der Waals surface area contributed by atoms with Crippen molar-refractivity contribution in [3.8, 4) is 0 Å². The van der Waals surface area contributed by atoms with Crippen LogP contribution in [0.4, 0.5) is 0 Å². The third-order valence-electron chi connectivity index (χ3n) is 0.0891. The molecule has 29 valence electrons. The third-order valence-corrected chi connectivity index (χ3v) is 1.79. The molecule has 0 atom stereocenters. The molecule has 0 spiro atoms. The summed E-state index contributed by atoms with van der Waals surface area (Å²) in [5.41, 5.74) is 0. The van der Waals surface area contributed by atoms with Gasteiger partial charge in [-0.15, -0.1) is 0 Å². The van der Waals surface area contributed by atoms with E-state index in [0.29, 0.717) is 0 Å². The van der Waals surface area contributed by atoms with Crippen LogP contribution in [-0.4, -0.2) is 12.6 Å². The van der Waals surface area contributed by atoms with E-state index in [-0.39, 0.29) is 2.12 Å². The largest absolute Gasteiger partial charge is 0.399 e. The fraction of sp³-hybridized carbons (Fsp3) is 1.00. The molecule has 0 aromatic heterocycles. The van der Waals surface area contributed by atoms with Crippen LogP contribution < -0.4 is 0 Å². The van der Waals surface area contributed by atoms with Gasteiger partial charge in [0.1, 0.15) is 2.12 Å². The molecule has 0 aliphatic heterocycles. The Hall–Kier alpha value is 1.64. The summed E-state index contributed by atoms with van der Waals surface area (Å²) in [6.45, 7) is 0. The van der Waals surface area contributed by atoms with E-state index in [4.69, 9.17) is 0 Å². The summed E-state index contributed by atoms with van der Waals surface area (Å²) < 4.78 is 4.77. The van der Waals surface area contributed by atoms with Crippen LogP contribution in [-0.2, 0) is 4.43 Å². The minimum atomic E-state index is 0.238. The highest BCUT2D eigenvalue weighted by molar-refractivity contribution is 14.2. The Morgan fingerprint density at radius 2 is 1.80 bits per heavy atom. The van der Waals surface area contributed by atoms with Gasteiger partial charge < -0.3 is 4.43 Å². The second kappa shape index (κ2) is 3.81. The molecule has 0 amide bonds. The molecule has 0 bridgehead atoms. The second-order valence-electron chi connectivity index (χ2n) is 0.379. The zero-order valence-corrected chi connectivity index (χ0v) is 7.56. The summed E-state index contributed by atoms with van der Waals surface area (Å²) in [5.74, 6) is 0. The predicted octanol–water partition coefficient (Wildman–Crippen LogP) is 1.24.